The second-order valence-electron chi connectivity index (χ2n) is 6.99. The van der Waals surface area contributed by atoms with Crippen molar-refractivity contribution in [3.05, 3.63) is 89.4 Å². The number of aryl methyl sites for hydroxylation is 1. The van der Waals surface area contributed by atoms with Gasteiger partial charge in [-0.3, -0.25) is 4.79 Å². The molecule has 3 rings (SSSR count). The number of amides is 1. The highest BCUT2D eigenvalue weighted by atomic mass is 35.5. The zero-order valence-corrected chi connectivity index (χ0v) is 19.6. The smallest absolute Gasteiger partial charge is 0.270 e. The number of thioether (sulfide) groups is 1. The topological polar surface area (TPSA) is 54.5 Å². The number of rotatable bonds is 9. The number of unbranched alkanes of at least 4 members (excludes halogenated alkanes) is 1. The van der Waals surface area contributed by atoms with Crippen LogP contribution in [-0.4, -0.2) is 20.1 Å². The summed E-state index contributed by atoms with van der Waals surface area (Å²) in [7, 11) is -4.04. The lowest BCUT2D eigenvalue weighted by Crippen LogP contribution is -2.38. The van der Waals surface area contributed by atoms with E-state index in [-0.39, 0.29) is 10.6 Å². The van der Waals surface area contributed by atoms with Gasteiger partial charge in [-0.15, -0.1) is 11.8 Å². The number of carbonyl (C=O) groups is 1. The van der Waals surface area contributed by atoms with E-state index in [1.165, 1.54) is 23.9 Å². The summed E-state index contributed by atoms with van der Waals surface area (Å²) >= 11 is 7.18. The molecule has 0 heterocycles. The second kappa shape index (κ2) is 10.8. The Bertz CT molecular complexity index is 1100. The Morgan fingerprint density at radius 3 is 2.19 bits per heavy atom. The van der Waals surface area contributed by atoms with Gasteiger partial charge in [0.15, 0.2) is 0 Å². The van der Waals surface area contributed by atoms with E-state index >= 15 is 0 Å². The van der Waals surface area contributed by atoms with Gasteiger partial charge in [-0.1, -0.05) is 55.3 Å². The molecule has 0 saturated carbocycles. The van der Waals surface area contributed by atoms with Crippen LogP contribution in [-0.2, 0) is 21.2 Å². The molecule has 3 aromatic rings. The van der Waals surface area contributed by atoms with Crippen molar-refractivity contribution in [1.29, 1.82) is 0 Å². The molecule has 0 aromatic heterocycles. The van der Waals surface area contributed by atoms with E-state index in [1.807, 2.05) is 12.1 Å². The van der Waals surface area contributed by atoms with Crippen molar-refractivity contribution in [2.24, 2.45) is 0 Å². The number of sulfonamides is 1. The highest BCUT2D eigenvalue weighted by Crippen LogP contribution is 2.27. The van der Waals surface area contributed by atoms with Crippen LogP contribution in [0.3, 0.4) is 0 Å². The van der Waals surface area contributed by atoms with Gasteiger partial charge in [0.1, 0.15) is 0 Å². The number of hydrogen-bond donors (Lipinski definition) is 0. The van der Waals surface area contributed by atoms with E-state index in [0.29, 0.717) is 10.7 Å². The minimum absolute atomic E-state index is 0.0225. The molecule has 0 aliphatic rings. The molecule has 3 aromatic carbocycles. The average Bonchev–Trinajstić information content (AvgIpc) is 2.79. The van der Waals surface area contributed by atoms with Crippen LogP contribution in [0, 0.1) is 0 Å². The van der Waals surface area contributed by atoms with Crippen LogP contribution >= 0.6 is 23.4 Å². The molecular formula is C24H24ClNO3S2. The van der Waals surface area contributed by atoms with Crippen LogP contribution in [0.15, 0.2) is 88.7 Å². The quantitative estimate of drug-likeness (QED) is 0.347. The van der Waals surface area contributed by atoms with Gasteiger partial charge in [0.25, 0.3) is 15.9 Å². The molecule has 7 heteroatoms. The summed E-state index contributed by atoms with van der Waals surface area (Å²) in [6.07, 6.45) is 3.06. The summed E-state index contributed by atoms with van der Waals surface area (Å²) in [6, 6.07) is 22.3. The molecule has 4 nitrogen and oxygen atoms in total. The standard InChI is InChI=1S/C24H24ClNO3S2/c1-2-3-7-19-10-14-21(15-11-19)26(31(28,29)23-8-5-4-6-9-23)24(27)18-30-22-16-12-20(25)13-17-22/h4-6,8-17H,2-3,7,18H2,1H3. The SMILES string of the molecule is CCCCc1ccc(N(C(=O)CSc2ccc(Cl)cc2)S(=O)(=O)c2ccccc2)cc1. The second-order valence-corrected chi connectivity index (χ2v) is 10.3. The summed E-state index contributed by atoms with van der Waals surface area (Å²) in [5.74, 6) is -0.532. The van der Waals surface area contributed by atoms with Crippen molar-refractivity contribution in [1.82, 2.24) is 0 Å². The molecular weight excluding hydrogens is 450 g/mol. The Labute approximate surface area is 193 Å². The summed E-state index contributed by atoms with van der Waals surface area (Å²) in [5.41, 5.74) is 1.46. The number of halogens is 1. The fourth-order valence-corrected chi connectivity index (χ4v) is 5.43. The van der Waals surface area contributed by atoms with Crippen molar-refractivity contribution >= 4 is 45.0 Å². The normalized spacial score (nSPS) is 11.3. The Hall–Kier alpha value is -2.28. The van der Waals surface area contributed by atoms with Crippen molar-refractivity contribution < 1.29 is 13.2 Å². The first kappa shape index (κ1) is 23.4. The van der Waals surface area contributed by atoms with Crippen molar-refractivity contribution in [2.45, 2.75) is 36.0 Å². The molecule has 0 saturated heterocycles. The maximum atomic E-state index is 13.4. The van der Waals surface area contributed by atoms with Crippen LogP contribution < -0.4 is 4.31 Å². The van der Waals surface area contributed by atoms with Gasteiger partial charge in [0, 0.05) is 9.92 Å². The van der Waals surface area contributed by atoms with Gasteiger partial charge in [-0.2, -0.15) is 0 Å². The number of hydrogen-bond acceptors (Lipinski definition) is 4. The number of nitrogens with zero attached hydrogens (tertiary/aromatic N) is 1. The van der Waals surface area contributed by atoms with E-state index in [1.54, 1.807) is 54.6 Å². The van der Waals surface area contributed by atoms with Gasteiger partial charge in [0.2, 0.25) is 0 Å². The van der Waals surface area contributed by atoms with Gasteiger partial charge in [0.05, 0.1) is 16.3 Å². The lowest BCUT2D eigenvalue weighted by atomic mass is 10.1. The summed E-state index contributed by atoms with van der Waals surface area (Å²) in [4.78, 5) is 14.1. The van der Waals surface area contributed by atoms with E-state index in [9.17, 15) is 13.2 Å². The monoisotopic (exact) mass is 473 g/mol. The minimum atomic E-state index is -4.04. The van der Waals surface area contributed by atoms with E-state index < -0.39 is 15.9 Å². The molecule has 1 amide bonds. The fourth-order valence-electron chi connectivity index (χ4n) is 3.03. The Balaban J connectivity index is 1.90. The van der Waals surface area contributed by atoms with Crippen LogP contribution in [0.4, 0.5) is 5.69 Å². The Kier molecular flexibility index (Phi) is 8.18. The van der Waals surface area contributed by atoms with Crippen LogP contribution in [0.1, 0.15) is 25.3 Å². The molecule has 0 aliphatic carbocycles. The van der Waals surface area contributed by atoms with Gasteiger partial charge in [-0.25, -0.2) is 12.7 Å². The molecule has 0 spiro atoms. The Morgan fingerprint density at radius 1 is 0.935 bits per heavy atom. The maximum absolute atomic E-state index is 13.4. The van der Waals surface area contributed by atoms with Crippen LogP contribution in [0.2, 0.25) is 5.02 Å². The third-order valence-corrected chi connectivity index (χ3v) is 7.69. The zero-order chi connectivity index (χ0) is 22.3. The molecule has 0 atom stereocenters. The summed E-state index contributed by atoms with van der Waals surface area (Å²) in [6.45, 7) is 2.12. The van der Waals surface area contributed by atoms with E-state index in [2.05, 4.69) is 6.92 Å². The predicted molar refractivity (Wildman–Crippen MR) is 128 cm³/mol. The summed E-state index contributed by atoms with van der Waals surface area (Å²) in [5, 5.41) is 0.604. The first-order chi connectivity index (χ1) is 14.9. The first-order valence-electron chi connectivity index (χ1n) is 10.0. The molecule has 31 heavy (non-hydrogen) atoms. The molecule has 0 unspecified atom stereocenters. The first-order valence-corrected chi connectivity index (χ1v) is 12.8. The zero-order valence-electron chi connectivity index (χ0n) is 17.2. The average molecular weight is 474 g/mol. The van der Waals surface area contributed by atoms with Crippen molar-refractivity contribution in [3.63, 3.8) is 0 Å². The third-order valence-electron chi connectivity index (χ3n) is 4.67. The largest absolute Gasteiger partial charge is 0.272 e. The number of anilines is 1. The highest BCUT2D eigenvalue weighted by molar-refractivity contribution is 8.00. The fraction of sp³-hybridized carbons (Fsp3) is 0.208. The van der Waals surface area contributed by atoms with E-state index in [0.717, 1.165) is 34.0 Å². The maximum Gasteiger partial charge on any atom is 0.270 e. The van der Waals surface area contributed by atoms with Gasteiger partial charge in [-0.05, 0) is 66.9 Å². The van der Waals surface area contributed by atoms with Gasteiger partial charge >= 0.3 is 0 Å². The molecule has 0 fully saturated rings. The molecule has 0 aliphatic heterocycles. The molecule has 0 N–H and O–H groups in total. The predicted octanol–water partition coefficient (Wildman–Crippen LogP) is 6.20. The Morgan fingerprint density at radius 2 is 1.58 bits per heavy atom. The molecule has 162 valence electrons. The summed E-state index contributed by atoms with van der Waals surface area (Å²) < 4.78 is 27.6. The van der Waals surface area contributed by atoms with Crippen LogP contribution in [0.5, 0.6) is 0 Å². The lowest BCUT2D eigenvalue weighted by Gasteiger charge is -2.23. The minimum Gasteiger partial charge on any atom is -0.272 e. The molecule has 0 radical (unpaired) electrons. The highest BCUT2D eigenvalue weighted by Gasteiger charge is 2.30. The van der Waals surface area contributed by atoms with Crippen molar-refractivity contribution in [2.75, 3.05) is 10.1 Å². The molecule has 0 bridgehead atoms. The lowest BCUT2D eigenvalue weighted by molar-refractivity contribution is -0.115. The number of carbonyl (C=O) groups excluding carboxylic acids is 1. The van der Waals surface area contributed by atoms with Crippen LogP contribution in [0.25, 0.3) is 0 Å². The van der Waals surface area contributed by atoms with E-state index in [4.69, 9.17) is 11.6 Å². The third kappa shape index (κ3) is 6.12. The van der Waals surface area contributed by atoms with Crippen molar-refractivity contribution in [3.8, 4) is 0 Å². The number of benzene rings is 3. The van der Waals surface area contributed by atoms with Gasteiger partial charge < -0.3 is 0 Å².